The standard InChI is InChI=1S/C12H18N2O/c1-2-7-14-9-10(8-13-14)3-6-12(15)11-4-5-11/h8-9,11H,2-7H2,1H3. The lowest BCUT2D eigenvalue weighted by molar-refractivity contribution is -0.120. The molecule has 0 bridgehead atoms. The lowest BCUT2D eigenvalue weighted by atomic mass is 10.1. The molecule has 2 rings (SSSR count). The van der Waals surface area contributed by atoms with Gasteiger partial charge in [-0.05, 0) is 31.2 Å². The van der Waals surface area contributed by atoms with Crippen molar-refractivity contribution in [3.63, 3.8) is 0 Å². The number of rotatable bonds is 6. The Kier molecular flexibility index (Phi) is 3.19. The molecule has 15 heavy (non-hydrogen) atoms. The second kappa shape index (κ2) is 4.60. The first-order valence-electron chi connectivity index (χ1n) is 5.83. The summed E-state index contributed by atoms with van der Waals surface area (Å²) < 4.78 is 1.96. The van der Waals surface area contributed by atoms with Crippen LogP contribution in [-0.4, -0.2) is 15.6 Å². The maximum Gasteiger partial charge on any atom is 0.136 e. The average Bonchev–Trinajstić information content (AvgIpc) is 2.98. The molecular formula is C12H18N2O. The molecule has 1 aromatic rings. The number of Topliss-reactive ketones (excluding diaryl/α,β-unsaturated/α-hetero) is 1. The van der Waals surface area contributed by atoms with Gasteiger partial charge in [0.05, 0.1) is 6.20 Å². The minimum absolute atomic E-state index is 0.399. The summed E-state index contributed by atoms with van der Waals surface area (Å²) in [6.45, 7) is 3.11. The molecular weight excluding hydrogens is 188 g/mol. The van der Waals surface area contributed by atoms with Crippen molar-refractivity contribution in [1.29, 1.82) is 0 Å². The van der Waals surface area contributed by atoms with E-state index in [1.807, 2.05) is 10.9 Å². The van der Waals surface area contributed by atoms with Crippen LogP contribution >= 0.6 is 0 Å². The van der Waals surface area contributed by atoms with Gasteiger partial charge in [-0.25, -0.2) is 0 Å². The second-order valence-electron chi connectivity index (χ2n) is 4.35. The van der Waals surface area contributed by atoms with Gasteiger partial charge in [0.25, 0.3) is 0 Å². The van der Waals surface area contributed by atoms with Crippen LogP contribution in [0.2, 0.25) is 0 Å². The zero-order valence-corrected chi connectivity index (χ0v) is 9.28. The normalized spacial score (nSPS) is 15.5. The fourth-order valence-corrected chi connectivity index (χ4v) is 1.76. The predicted molar refractivity (Wildman–Crippen MR) is 58.6 cm³/mol. The maximum absolute atomic E-state index is 11.5. The second-order valence-corrected chi connectivity index (χ2v) is 4.35. The summed E-state index contributed by atoms with van der Waals surface area (Å²) in [5.41, 5.74) is 1.19. The van der Waals surface area contributed by atoms with Crippen LogP contribution in [0.25, 0.3) is 0 Å². The van der Waals surface area contributed by atoms with Gasteiger partial charge >= 0.3 is 0 Å². The van der Waals surface area contributed by atoms with E-state index in [-0.39, 0.29) is 0 Å². The van der Waals surface area contributed by atoms with E-state index >= 15 is 0 Å². The Morgan fingerprint density at radius 1 is 1.60 bits per heavy atom. The zero-order valence-electron chi connectivity index (χ0n) is 9.28. The monoisotopic (exact) mass is 206 g/mol. The van der Waals surface area contributed by atoms with Crippen LogP contribution in [0.3, 0.4) is 0 Å². The molecule has 1 aliphatic carbocycles. The molecule has 1 aliphatic rings. The Hall–Kier alpha value is -1.12. The quantitative estimate of drug-likeness (QED) is 0.715. The highest BCUT2D eigenvalue weighted by atomic mass is 16.1. The molecule has 0 radical (unpaired) electrons. The van der Waals surface area contributed by atoms with Gasteiger partial charge in [-0.15, -0.1) is 0 Å². The molecule has 0 aromatic carbocycles. The molecule has 82 valence electrons. The number of hydrogen-bond acceptors (Lipinski definition) is 2. The summed E-state index contributed by atoms with van der Waals surface area (Å²) in [7, 11) is 0. The molecule has 0 aliphatic heterocycles. The summed E-state index contributed by atoms with van der Waals surface area (Å²) >= 11 is 0. The van der Waals surface area contributed by atoms with Gasteiger partial charge in [0.15, 0.2) is 0 Å². The third-order valence-corrected chi connectivity index (χ3v) is 2.83. The Bertz CT molecular complexity index is 339. The number of carbonyl (C=O) groups excluding carboxylic acids is 1. The van der Waals surface area contributed by atoms with E-state index in [4.69, 9.17) is 0 Å². The number of aromatic nitrogens is 2. The van der Waals surface area contributed by atoms with E-state index in [0.29, 0.717) is 18.1 Å². The Morgan fingerprint density at radius 3 is 3.07 bits per heavy atom. The van der Waals surface area contributed by atoms with Crippen LogP contribution in [0.15, 0.2) is 12.4 Å². The first-order chi connectivity index (χ1) is 7.29. The summed E-state index contributed by atoms with van der Waals surface area (Å²) in [6, 6.07) is 0. The smallest absolute Gasteiger partial charge is 0.136 e. The fraction of sp³-hybridized carbons (Fsp3) is 0.667. The van der Waals surface area contributed by atoms with Crippen LogP contribution in [0.5, 0.6) is 0 Å². The van der Waals surface area contributed by atoms with E-state index in [0.717, 1.165) is 32.2 Å². The number of aryl methyl sites for hydroxylation is 2. The minimum atomic E-state index is 0.399. The Balaban J connectivity index is 1.79. The minimum Gasteiger partial charge on any atom is -0.299 e. The molecule has 1 saturated carbocycles. The lowest BCUT2D eigenvalue weighted by Gasteiger charge is -1.97. The van der Waals surface area contributed by atoms with Gasteiger partial charge in [-0.2, -0.15) is 5.10 Å². The molecule has 0 saturated heterocycles. The highest BCUT2D eigenvalue weighted by molar-refractivity contribution is 5.83. The number of hydrogen-bond donors (Lipinski definition) is 0. The SMILES string of the molecule is CCCn1cc(CCC(=O)C2CC2)cn1. The van der Waals surface area contributed by atoms with Gasteiger partial charge in [-0.1, -0.05) is 6.92 Å². The molecule has 1 fully saturated rings. The van der Waals surface area contributed by atoms with Gasteiger partial charge < -0.3 is 0 Å². The summed E-state index contributed by atoms with van der Waals surface area (Å²) in [5.74, 6) is 0.842. The lowest BCUT2D eigenvalue weighted by Crippen LogP contribution is -2.01. The molecule has 3 heteroatoms. The van der Waals surface area contributed by atoms with Gasteiger partial charge in [0.1, 0.15) is 5.78 Å². The third kappa shape index (κ3) is 2.91. The van der Waals surface area contributed by atoms with Crippen molar-refractivity contribution in [2.24, 2.45) is 5.92 Å². The molecule has 0 atom stereocenters. The maximum atomic E-state index is 11.5. The van der Waals surface area contributed by atoms with Gasteiger partial charge in [-0.3, -0.25) is 9.48 Å². The Morgan fingerprint density at radius 2 is 2.40 bits per heavy atom. The van der Waals surface area contributed by atoms with E-state index in [1.165, 1.54) is 5.56 Å². The Labute approximate surface area is 90.5 Å². The van der Waals surface area contributed by atoms with Crippen LogP contribution < -0.4 is 0 Å². The number of ketones is 1. The molecule has 1 heterocycles. The first-order valence-corrected chi connectivity index (χ1v) is 5.83. The van der Waals surface area contributed by atoms with E-state index in [9.17, 15) is 4.79 Å². The van der Waals surface area contributed by atoms with Gasteiger partial charge in [0, 0.05) is 25.1 Å². The average molecular weight is 206 g/mol. The van der Waals surface area contributed by atoms with Crippen LogP contribution in [-0.2, 0) is 17.8 Å². The van der Waals surface area contributed by atoms with Crippen molar-refractivity contribution in [3.05, 3.63) is 18.0 Å². The van der Waals surface area contributed by atoms with Crippen molar-refractivity contribution in [2.75, 3.05) is 0 Å². The van der Waals surface area contributed by atoms with Crippen molar-refractivity contribution in [1.82, 2.24) is 9.78 Å². The molecule has 1 aromatic heterocycles. The van der Waals surface area contributed by atoms with Crippen LogP contribution in [0.1, 0.15) is 38.2 Å². The highest BCUT2D eigenvalue weighted by Gasteiger charge is 2.28. The van der Waals surface area contributed by atoms with E-state index < -0.39 is 0 Å². The van der Waals surface area contributed by atoms with Crippen molar-refractivity contribution in [2.45, 2.75) is 45.6 Å². The summed E-state index contributed by atoms with van der Waals surface area (Å²) in [5, 5.41) is 4.25. The number of nitrogens with zero attached hydrogens (tertiary/aromatic N) is 2. The summed E-state index contributed by atoms with van der Waals surface area (Å²) in [4.78, 5) is 11.5. The van der Waals surface area contributed by atoms with Gasteiger partial charge in [0.2, 0.25) is 0 Å². The third-order valence-electron chi connectivity index (χ3n) is 2.83. The molecule has 0 spiro atoms. The summed E-state index contributed by atoms with van der Waals surface area (Å²) in [6.07, 6.45) is 8.84. The van der Waals surface area contributed by atoms with Crippen molar-refractivity contribution >= 4 is 5.78 Å². The van der Waals surface area contributed by atoms with Crippen LogP contribution in [0.4, 0.5) is 0 Å². The molecule has 0 unspecified atom stereocenters. The molecule has 0 N–H and O–H groups in total. The fourth-order valence-electron chi connectivity index (χ4n) is 1.76. The topological polar surface area (TPSA) is 34.9 Å². The number of carbonyl (C=O) groups is 1. The van der Waals surface area contributed by atoms with Crippen molar-refractivity contribution in [3.8, 4) is 0 Å². The first kappa shape index (κ1) is 10.4. The zero-order chi connectivity index (χ0) is 10.7. The molecule has 3 nitrogen and oxygen atoms in total. The predicted octanol–water partition coefficient (Wildman–Crippen LogP) is 2.20. The molecule has 0 amide bonds. The highest BCUT2D eigenvalue weighted by Crippen LogP contribution is 2.31. The van der Waals surface area contributed by atoms with E-state index in [2.05, 4.69) is 18.2 Å². The van der Waals surface area contributed by atoms with Crippen molar-refractivity contribution < 1.29 is 4.79 Å². The van der Waals surface area contributed by atoms with E-state index in [1.54, 1.807) is 0 Å². The van der Waals surface area contributed by atoms with Crippen LogP contribution in [0, 0.1) is 5.92 Å². The largest absolute Gasteiger partial charge is 0.299 e.